The Morgan fingerprint density at radius 1 is 1.27 bits per heavy atom. The fourth-order valence-electron chi connectivity index (χ4n) is 4.03. The minimum Gasteiger partial charge on any atom is -0.303 e. The summed E-state index contributed by atoms with van der Waals surface area (Å²) in [5.74, 6) is -0.418. The summed E-state index contributed by atoms with van der Waals surface area (Å²) in [7, 11) is 0.526. The Kier molecular flexibility index (Phi) is 5.94. The SMILES string of the molecule is CN(C)C1CCc2cc(N3CC=C(NS(=O)(=O)CCc4ccc(Cl)s4)C3=O)ccc21. The summed E-state index contributed by atoms with van der Waals surface area (Å²) in [6.07, 6.45) is 4.04. The molecule has 2 heterocycles. The van der Waals surface area contributed by atoms with Gasteiger partial charge in [0, 0.05) is 23.2 Å². The number of sulfonamides is 1. The summed E-state index contributed by atoms with van der Waals surface area (Å²) >= 11 is 7.25. The molecule has 4 rings (SSSR count). The van der Waals surface area contributed by atoms with Crippen LogP contribution in [0.1, 0.15) is 28.5 Å². The number of benzene rings is 1. The van der Waals surface area contributed by atoms with Crippen molar-refractivity contribution in [1.29, 1.82) is 0 Å². The maximum Gasteiger partial charge on any atom is 0.275 e. The van der Waals surface area contributed by atoms with Crippen molar-refractivity contribution < 1.29 is 13.2 Å². The van der Waals surface area contributed by atoms with Crippen molar-refractivity contribution in [2.24, 2.45) is 0 Å². The van der Waals surface area contributed by atoms with Crippen LogP contribution in [-0.2, 0) is 27.7 Å². The van der Waals surface area contributed by atoms with Gasteiger partial charge in [-0.05, 0) is 74.8 Å². The Balaban J connectivity index is 1.41. The molecule has 0 spiro atoms. The molecule has 6 nitrogen and oxygen atoms in total. The molecule has 0 fully saturated rings. The minimum absolute atomic E-state index is 0.0980. The number of carbonyl (C=O) groups excluding carboxylic acids is 1. The number of hydrogen-bond donors (Lipinski definition) is 1. The summed E-state index contributed by atoms with van der Waals surface area (Å²) in [5.41, 5.74) is 3.48. The van der Waals surface area contributed by atoms with Gasteiger partial charge in [-0.1, -0.05) is 17.7 Å². The molecule has 1 aliphatic carbocycles. The van der Waals surface area contributed by atoms with Crippen LogP contribution in [0.3, 0.4) is 0 Å². The van der Waals surface area contributed by atoms with Crippen LogP contribution < -0.4 is 9.62 Å². The number of aryl methyl sites for hydroxylation is 2. The summed E-state index contributed by atoms with van der Waals surface area (Å²) in [6, 6.07) is 10.1. The van der Waals surface area contributed by atoms with Crippen LogP contribution in [0.2, 0.25) is 4.34 Å². The first kappa shape index (κ1) is 21.4. The van der Waals surface area contributed by atoms with Crippen molar-refractivity contribution in [3.8, 4) is 0 Å². The fraction of sp³-hybridized carbons (Fsp3) is 0.381. The zero-order chi connectivity index (χ0) is 21.5. The van der Waals surface area contributed by atoms with Crippen LogP contribution in [0, 0.1) is 0 Å². The first-order valence-electron chi connectivity index (χ1n) is 9.79. The van der Waals surface area contributed by atoms with E-state index in [-0.39, 0.29) is 17.4 Å². The quantitative estimate of drug-likeness (QED) is 0.680. The smallest absolute Gasteiger partial charge is 0.275 e. The molecule has 1 aliphatic heterocycles. The Bertz CT molecular complexity index is 1110. The number of nitrogens with one attached hydrogen (secondary N) is 1. The lowest BCUT2D eigenvalue weighted by Crippen LogP contribution is -2.34. The van der Waals surface area contributed by atoms with Gasteiger partial charge in [0.25, 0.3) is 5.91 Å². The van der Waals surface area contributed by atoms with Crippen molar-refractivity contribution in [3.05, 3.63) is 62.4 Å². The highest BCUT2D eigenvalue weighted by atomic mass is 35.5. The molecule has 30 heavy (non-hydrogen) atoms. The van der Waals surface area contributed by atoms with Gasteiger partial charge in [0.05, 0.1) is 10.1 Å². The molecule has 0 saturated heterocycles. The maximum atomic E-state index is 12.8. The molecule has 160 valence electrons. The molecule has 2 aromatic rings. The van der Waals surface area contributed by atoms with E-state index in [1.54, 1.807) is 17.0 Å². The van der Waals surface area contributed by atoms with Crippen LogP contribution in [0.25, 0.3) is 0 Å². The van der Waals surface area contributed by atoms with Crippen LogP contribution in [0.4, 0.5) is 5.69 Å². The first-order valence-corrected chi connectivity index (χ1v) is 12.6. The van der Waals surface area contributed by atoms with Gasteiger partial charge in [0.1, 0.15) is 5.70 Å². The summed E-state index contributed by atoms with van der Waals surface area (Å²) in [4.78, 5) is 17.6. The predicted molar refractivity (Wildman–Crippen MR) is 122 cm³/mol. The topological polar surface area (TPSA) is 69.7 Å². The van der Waals surface area contributed by atoms with E-state index in [2.05, 4.69) is 35.9 Å². The molecular formula is C21H24ClN3O3S2. The lowest BCUT2D eigenvalue weighted by Gasteiger charge is -2.21. The van der Waals surface area contributed by atoms with E-state index in [0.29, 0.717) is 23.3 Å². The number of thiophene rings is 1. The third-order valence-electron chi connectivity index (χ3n) is 5.57. The summed E-state index contributed by atoms with van der Waals surface area (Å²) in [6.45, 7) is 0.354. The van der Waals surface area contributed by atoms with E-state index in [1.165, 1.54) is 22.5 Å². The molecule has 0 saturated carbocycles. The number of halogens is 1. The second-order valence-electron chi connectivity index (χ2n) is 7.81. The van der Waals surface area contributed by atoms with Gasteiger partial charge >= 0.3 is 0 Å². The molecule has 1 atom stereocenters. The van der Waals surface area contributed by atoms with Gasteiger partial charge in [-0.2, -0.15) is 0 Å². The average molecular weight is 466 g/mol. The average Bonchev–Trinajstić information content (AvgIpc) is 3.39. The van der Waals surface area contributed by atoms with Gasteiger partial charge in [0.15, 0.2) is 0 Å². The number of hydrogen-bond acceptors (Lipinski definition) is 5. The third-order valence-corrected chi connectivity index (χ3v) is 8.14. The van der Waals surface area contributed by atoms with Crippen molar-refractivity contribution in [3.63, 3.8) is 0 Å². The van der Waals surface area contributed by atoms with Crippen molar-refractivity contribution >= 4 is 44.6 Å². The molecule has 1 N–H and O–H groups in total. The molecule has 2 aliphatic rings. The molecule has 1 aromatic carbocycles. The second kappa shape index (κ2) is 8.34. The van der Waals surface area contributed by atoms with Crippen molar-refractivity contribution in [2.75, 3.05) is 31.3 Å². The van der Waals surface area contributed by atoms with Crippen molar-refractivity contribution in [2.45, 2.75) is 25.3 Å². The Labute approximate surface area is 186 Å². The highest BCUT2D eigenvalue weighted by Crippen LogP contribution is 2.37. The molecule has 1 unspecified atom stereocenters. The Morgan fingerprint density at radius 3 is 2.77 bits per heavy atom. The van der Waals surface area contributed by atoms with E-state index < -0.39 is 10.0 Å². The van der Waals surface area contributed by atoms with Crippen LogP contribution in [0.5, 0.6) is 0 Å². The Morgan fingerprint density at radius 2 is 2.07 bits per heavy atom. The lowest BCUT2D eigenvalue weighted by molar-refractivity contribution is -0.114. The standard InChI is InChI=1S/C21H24ClN3O3S2/c1-24(2)19-7-3-14-13-15(4-6-17(14)19)25-11-9-18(21(25)26)23-30(27,28)12-10-16-5-8-20(22)29-16/h4-6,8-9,13,19,23H,3,7,10-12H2,1-2H3. The predicted octanol–water partition coefficient (Wildman–Crippen LogP) is 3.34. The zero-order valence-corrected chi connectivity index (χ0v) is 19.3. The number of fused-ring (bicyclic) bond motifs is 1. The van der Waals surface area contributed by atoms with E-state index in [1.807, 2.05) is 12.1 Å². The molecular weight excluding hydrogens is 442 g/mol. The summed E-state index contributed by atoms with van der Waals surface area (Å²) in [5, 5.41) is 0. The molecule has 0 bridgehead atoms. The van der Waals surface area contributed by atoms with Gasteiger partial charge < -0.3 is 9.80 Å². The third kappa shape index (κ3) is 4.42. The number of anilines is 1. The summed E-state index contributed by atoms with van der Waals surface area (Å²) < 4.78 is 28.0. The van der Waals surface area contributed by atoms with E-state index in [4.69, 9.17) is 11.6 Å². The molecule has 1 aromatic heterocycles. The van der Waals surface area contributed by atoms with Gasteiger partial charge in [0.2, 0.25) is 10.0 Å². The lowest BCUT2D eigenvalue weighted by atomic mass is 10.1. The second-order valence-corrected chi connectivity index (χ2v) is 11.5. The highest BCUT2D eigenvalue weighted by Gasteiger charge is 2.30. The number of rotatable bonds is 7. The largest absolute Gasteiger partial charge is 0.303 e. The number of nitrogens with zero attached hydrogens (tertiary/aromatic N) is 2. The molecule has 0 radical (unpaired) electrons. The fourth-order valence-corrected chi connectivity index (χ4v) is 6.34. The first-order chi connectivity index (χ1) is 14.2. The van der Waals surface area contributed by atoms with Crippen LogP contribution >= 0.6 is 22.9 Å². The highest BCUT2D eigenvalue weighted by molar-refractivity contribution is 7.89. The molecule has 1 amide bonds. The number of carbonyl (C=O) groups is 1. The van der Waals surface area contributed by atoms with Gasteiger partial charge in [-0.25, -0.2) is 8.42 Å². The normalized spacial score (nSPS) is 18.8. The Hall–Kier alpha value is -1.87. The van der Waals surface area contributed by atoms with E-state index >= 15 is 0 Å². The van der Waals surface area contributed by atoms with Gasteiger partial charge in [-0.3, -0.25) is 9.52 Å². The van der Waals surface area contributed by atoms with Crippen LogP contribution in [0.15, 0.2) is 42.1 Å². The molecule has 9 heteroatoms. The zero-order valence-electron chi connectivity index (χ0n) is 16.9. The van der Waals surface area contributed by atoms with Gasteiger partial charge in [-0.15, -0.1) is 11.3 Å². The van der Waals surface area contributed by atoms with Crippen LogP contribution in [-0.4, -0.2) is 45.6 Å². The monoisotopic (exact) mass is 465 g/mol. The number of amides is 1. The van der Waals surface area contributed by atoms with E-state index in [9.17, 15) is 13.2 Å². The van der Waals surface area contributed by atoms with E-state index in [0.717, 1.165) is 23.4 Å². The van der Waals surface area contributed by atoms with Crippen molar-refractivity contribution in [1.82, 2.24) is 9.62 Å². The maximum absolute atomic E-state index is 12.8. The minimum atomic E-state index is -3.63.